The number of carbonyl (C=O) groups is 2. The molecule has 1 aromatic carbocycles. The van der Waals surface area contributed by atoms with E-state index in [9.17, 15) is 9.59 Å². The van der Waals surface area contributed by atoms with Crippen molar-refractivity contribution in [3.05, 3.63) is 35.4 Å². The van der Waals surface area contributed by atoms with Gasteiger partial charge in [-0.3, -0.25) is 9.59 Å². The molecule has 1 aromatic rings. The summed E-state index contributed by atoms with van der Waals surface area (Å²) in [5.74, 6) is 5.00. The summed E-state index contributed by atoms with van der Waals surface area (Å²) in [6.07, 6.45) is 7.23. The number of carboxylic acids is 1. The number of amides is 1. The molecule has 0 aliphatic rings. The van der Waals surface area contributed by atoms with Crippen molar-refractivity contribution in [3.63, 3.8) is 0 Å². The zero-order valence-electron chi connectivity index (χ0n) is 14.6. The molecule has 1 rings (SSSR count). The van der Waals surface area contributed by atoms with Gasteiger partial charge in [-0.25, -0.2) is 0 Å². The molecule has 0 aliphatic heterocycles. The largest absolute Gasteiger partial charge is 0.481 e. The van der Waals surface area contributed by atoms with Crippen LogP contribution in [0, 0.1) is 0 Å². The fourth-order valence-electron chi connectivity index (χ4n) is 2.47. The number of benzene rings is 1. The highest BCUT2D eigenvalue weighted by molar-refractivity contribution is 7.98. The average molecular weight is 365 g/mol. The van der Waals surface area contributed by atoms with Crippen LogP contribution >= 0.6 is 11.8 Å². The van der Waals surface area contributed by atoms with Gasteiger partial charge in [0.2, 0.25) is 5.91 Å². The van der Waals surface area contributed by atoms with Crippen LogP contribution in [0.1, 0.15) is 43.2 Å². The number of aryl methyl sites for hydroxylation is 1. The Labute approximate surface area is 153 Å². The van der Waals surface area contributed by atoms with Gasteiger partial charge in [-0.1, -0.05) is 24.3 Å². The van der Waals surface area contributed by atoms with Gasteiger partial charge < -0.3 is 16.3 Å². The number of thioether (sulfide) groups is 1. The Balaban J connectivity index is 2.29. The molecule has 0 aliphatic carbocycles. The predicted molar refractivity (Wildman–Crippen MR) is 103 cm³/mol. The molecule has 0 fully saturated rings. The Bertz CT molecular complexity index is 561. The Kier molecular flexibility index (Phi) is 10.4. The molecule has 0 radical (unpaired) electrons. The lowest BCUT2D eigenvalue weighted by Gasteiger charge is -2.16. The molecule has 0 saturated heterocycles. The lowest BCUT2D eigenvalue weighted by molar-refractivity contribution is -0.137. The number of carboxylic acid groups (broad SMARTS) is 1. The van der Waals surface area contributed by atoms with Gasteiger partial charge in [0, 0.05) is 12.5 Å². The molecule has 0 spiro atoms. The molecular weight excluding hydrogens is 338 g/mol. The van der Waals surface area contributed by atoms with E-state index in [1.807, 2.05) is 30.5 Å². The predicted octanol–water partition coefficient (Wildman–Crippen LogP) is 2.40. The van der Waals surface area contributed by atoms with Gasteiger partial charge in [0.15, 0.2) is 0 Å². The Morgan fingerprint density at radius 1 is 1.32 bits per heavy atom. The Hall–Kier alpha value is -2.02. The molecule has 138 valence electrons. The molecular formula is C18H27N3O3S. The lowest BCUT2D eigenvalue weighted by Crippen LogP contribution is -2.36. The highest BCUT2D eigenvalue weighted by Crippen LogP contribution is 2.09. The van der Waals surface area contributed by atoms with Crippen molar-refractivity contribution in [2.24, 2.45) is 10.9 Å². The number of carbonyl (C=O) groups excluding carboxylic acids is 1. The van der Waals surface area contributed by atoms with Crippen LogP contribution in [-0.2, 0) is 16.0 Å². The van der Waals surface area contributed by atoms with E-state index in [-0.39, 0.29) is 18.4 Å². The highest BCUT2D eigenvalue weighted by Gasteiger charge is 2.15. The maximum Gasteiger partial charge on any atom is 0.305 e. The van der Waals surface area contributed by atoms with Crippen LogP contribution in [0.5, 0.6) is 0 Å². The van der Waals surface area contributed by atoms with Gasteiger partial charge >= 0.3 is 5.97 Å². The summed E-state index contributed by atoms with van der Waals surface area (Å²) >= 11 is 1.65. The molecule has 0 bridgehead atoms. The lowest BCUT2D eigenvalue weighted by atomic mass is 10.0. The molecule has 0 heterocycles. The number of nitrogens with zero attached hydrogens (tertiary/aromatic N) is 1. The molecule has 1 unspecified atom stereocenters. The second-order valence-corrected chi connectivity index (χ2v) is 6.86. The summed E-state index contributed by atoms with van der Waals surface area (Å²) in [5.41, 5.74) is 2.17. The van der Waals surface area contributed by atoms with Crippen molar-refractivity contribution >= 4 is 29.9 Å². The SMILES string of the molecule is CSCCC(CC(=O)O)NC(=O)CCCCc1ccc(C=NN)cc1. The normalized spacial score (nSPS) is 12.2. The van der Waals surface area contributed by atoms with Crippen LogP contribution in [-0.4, -0.2) is 41.2 Å². The molecule has 6 nitrogen and oxygen atoms in total. The molecule has 1 amide bonds. The first-order valence-corrected chi connectivity index (χ1v) is 9.76. The number of hydrazone groups is 1. The Morgan fingerprint density at radius 2 is 2.04 bits per heavy atom. The summed E-state index contributed by atoms with van der Waals surface area (Å²) in [4.78, 5) is 22.9. The third-order valence-corrected chi connectivity index (χ3v) is 4.42. The van der Waals surface area contributed by atoms with E-state index in [2.05, 4.69) is 10.4 Å². The van der Waals surface area contributed by atoms with Crippen LogP contribution in [0.25, 0.3) is 0 Å². The van der Waals surface area contributed by atoms with E-state index < -0.39 is 5.97 Å². The van der Waals surface area contributed by atoms with Crippen molar-refractivity contribution in [2.45, 2.75) is 44.6 Å². The summed E-state index contributed by atoms with van der Waals surface area (Å²) in [6.45, 7) is 0. The highest BCUT2D eigenvalue weighted by atomic mass is 32.2. The van der Waals surface area contributed by atoms with E-state index in [0.717, 1.165) is 30.6 Å². The van der Waals surface area contributed by atoms with Crippen LogP contribution in [0.3, 0.4) is 0 Å². The summed E-state index contributed by atoms with van der Waals surface area (Å²) in [5, 5.41) is 15.2. The number of aliphatic carboxylic acids is 1. The van der Waals surface area contributed by atoms with Crippen LogP contribution < -0.4 is 11.2 Å². The number of hydrogen-bond acceptors (Lipinski definition) is 5. The van der Waals surface area contributed by atoms with Crippen molar-refractivity contribution < 1.29 is 14.7 Å². The van der Waals surface area contributed by atoms with Crippen molar-refractivity contribution in [1.82, 2.24) is 5.32 Å². The second kappa shape index (κ2) is 12.4. The first kappa shape index (κ1) is 21.0. The second-order valence-electron chi connectivity index (χ2n) is 5.87. The topological polar surface area (TPSA) is 105 Å². The van der Waals surface area contributed by atoms with Crippen molar-refractivity contribution in [2.75, 3.05) is 12.0 Å². The van der Waals surface area contributed by atoms with Crippen molar-refractivity contribution in [1.29, 1.82) is 0 Å². The quantitative estimate of drug-likeness (QED) is 0.228. The first-order valence-electron chi connectivity index (χ1n) is 8.37. The van der Waals surface area contributed by atoms with Gasteiger partial charge in [-0.05, 0) is 48.8 Å². The third kappa shape index (κ3) is 9.76. The number of nitrogens with two attached hydrogens (primary N) is 1. The van der Waals surface area contributed by atoms with E-state index in [1.165, 1.54) is 5.56 Å². The van der Waals surface area contributed by atoms with E-state index in [0.29, 0.717) is 12.8 Å². The fraction of sp³-hybridized carbons (Fsp3) is 0.500. The average Bonchev–Trinajstić information content (AvgIpc) is 2.58. The van der Waals surface area contributed by atoms with Crippen LogP contribution in [0.2, 0.25) is 0 Å². The van der Waals surface area contributed by atoms with Gasteiger partial charge in [0.25, 0.3) is 0 Å². The van der Waals surface area contributed by atoms with Gasteiger partial charge in [0.1, 0.15) is 0 Å². The van der Waals surface area contributed by atoms with Gasteiger partial charge in [0.05, 0.1) is 12.6 Å². The Morgan fingerprint density at radius 3 is 2.64 bits per heavy atom. The molecule has 0 saturated carbocycles. The monoisotopic (exact) mass is 365 g/mol. The smallest absolute Gasteiger partial charge is 0.305 e. The molecule has 0 aromatic heterocycles. The summed E-state index contributed by atoms with van der Waals surface area (Å²) in [7, 11) is 0. The zero-order valence-corrected chi connectivity index (χ0v) is 15.4. The van der Waals surface area contributed by atoms with Crippen molar-refractivity contribution in [3.8, 4) is 0 Å². The van der Waals surface area contributed by atoms with Gasteiger partial charge in [-0.2, -0.15) is 16.9 Å². The minimum atomic E-state index is -0.880. The van der Waals surface area contributed by atoms with E-state index in [4.69, 9.17) is 10.9 Å². The van der Waals surface area contributed by atoms with Crippen LogP contribution in [0.15, 0.2) is 29.4 Å². The first-order chi connectivity index (χ1) is 12.0. The summed E-state index contributed by atoms with van der Waals surface area (Å²) in [6, 6.07) is 7.70. The van der Waals surface area contributed by atoms with E-state index in [1.54, 1.807) is 18.0 Å². The maximum absolute atomic E-state index is 12.0. The summed E-state index contributed by atoms with van der Waals surface area (Å²) < 4.78 is 0. The van der Waals surface area contributed by atoms with Crippen LogP contribution in [0.4, 0.5) is 0 Å². The van der Waals surface area contributed by atoms with Gasteiger partial charge in [-0.15, -0.1) is 0 Å². The minimum absolute atomic E-state index is 0.0231. The minimum Gasteiger partial charge on any atom is -0.481 e. The number of nitrogens with one attached hydrogen (secondary N) is 1. The standard InChI is InChI=1S/C18H27N3O3S/c1-25-11-10-16(12-18(23)24)21-17(22)5-3-2-4-14-6-8-15(9-7-14)13-20-19/h6-9,13,16H,2-5,10-12,19H2,1H3,(H,21,22)(H,23,24). The fourth-order valence-corrected chi connectivity index (χ4v) is 2.99. The maximum atomic E-state index is 12.0. The zero-order chi connectivity index (χ0) is 18.5. The van der Waals surface area contributed by atoms with E-state index >= 15 is 0 Å². The number of rotatable bonds is 12. The number of hydrogen-bond donors (Lipinski definition) is 3. The molecule has 25 heavy (non-hydrogen) atoms. The molecule has 1 atom stereocenters. The third-order valence-electron chi connectivity index (χ3n) is 3.78. The number of unbranched alkanes of at least 4 members (excludes halogenated alkanes) is 1. The molecule has 7 heteroatoms. The molecule has 4 N–H and O–H groups in total.